The predicted octanol–water partition coefficient (Wildman–Crippen LogP) is 0.772. The fourth-order valence-corrected chi connectivity index (χ4v) is 2.66. The van der Waals surface area contributed by atoms with E-state index in [0.29, 0.717) is 38.8 Å². The number of benzene rings is 1. The number of hydrogen-bond acceptors (Lipinski definition) is 5. The first-order chi connectivity index (χ1) is 9.60. The van der Waals surface area contributed by atoms with Gasteiger partial charge in [0.1, 0.15) is 6.07 Å². The number of nitrogens with zero attached hydrogens (tertiary/aromatic N) is 1. The van der Waals surface area contributed by atoms with Gasteiger partial charge in [-0.2, -0.15) is 5.26 Å². The zero-order valence-electron chi connectivity index (χ0n) is 11.3. The highest BCUT2D eigenvalue weighted by atomic mass is 32.2. The number of nitrogens with two attached hydrogens (primary N) is 1. The Bertz CT molecular complexity index is 675. The van der Waals surface area contributed by atoms with E-state index in [1.54, 1.807) is 18.2 Å². The molecule has 0 spiro atoms. The van der Waals surface area contributed by atoms with Crippen molar-refractivity contribution in [2.45, 2.75) is 4.90 Å². The summed E-state index contributed by atoms with van der Waals surface area (Å²) in [5.74, 6) is 0.0995. The fraction of sp³-hybridized carbons (Fsp3) is 0.200. The van der Waals surface area contributed by atoms with Crippen molar-refractivity contribution in [2.24, 2.45) is 5.73 Å². The normalized spacial score (nSPS) is 10.9. The maximum Gasteiger partial charge on any atom is 0.339 e. The largest absolute Gasteiger partial charge is 0.465 e. The summed E-state index contributed by atoms with van der Waals surface area (Å²) in [4.78, 5) is 12.6. The van der Waals surface area contributed by atoms with Gasteiger partial charge < -0.3 is 10.5 Å². The van der Waals surface area contributed by atoms with Gasteiger partial charge in [-0.3, -0.25) is 0 Å². The third-order valence-electron chi connectivity index (χ3n) is 2.56. The second kappa shape index (κ2) is 7.53. The lowest BCUT2D eigenvalue weighted by molar-refractivity contribution is 0.0595. The maximum absolute atomic E-state index is 12.1. The molecule has 104 valence electrons. The van der Waals surface area contributed by atoms with E-state index in [2.05, 4.69) is 19.2 Å². The second-order valence-electron chi connectivity index (χ2n) is 3.84. The summed E-state index contributed by atoms with van der Waals surface area (Å²) in [5, 5.41) is 10.4. The molecule has 1 aromatic rings. The number of carbonyl (C=O) groups excluding carboxylic acids is 1. The monoisotopic (exact) mass is 288 g/mol. The van der Waals surface area contributed by atoms with Gasteiger partial charge in [-0.25, -0.2) is 4.79 Å². The molecule has 0 saturated carbocycles. The minimum atomic E-state index is -0.500. The predicted molar refractivity (Wildman–Crippen MR) is 81.7 cm³/mol. The average molecular weight is 288 g/mol. The van der Waals surface area contributed by atoms with E-state index in [9.17, 15) is 10.1 Å². The molecule has 0 aromatic heterocycles. The van der Waals surface area contributed by atoms with Gasteiger partial charge in [0.15, 0.2) is 0 Å². The van der Waals surface area contributed by atoms with Crippen molar-refractivity contribution in [2.75, 3.05) is 19.4 Å². The number of ether oxygens (including phenoxy) is 1. The fourth-order valence-electron chi connectivity index (χ4n) is 1.74. The van der Waals surface area contributed by atoms with Gasteiger partial charge in [0.25, 0.3) is 0 Å². The van der Waals surface area contributed by atoms with Crippen LogP contribution in [0.5, 0.6) is 0 Å². The Morgan fingerprint density at radius 3 is 2.85 bits per heavy atom. The Morgan fingerprint density at radius 2 is 2.35 bits per heavy atom. The quantitative estimate of drug-likeness (QED) is 0.640. The molecule has 20 heavy (non-hydrogen) atoms. The molecule has 0 saturated heterocycles. The van der Waals surface area contributed by atoms with E-state index >= 15 is 0 Å². The molecular weight excluding hydrogens is 272 g/mol. The van der Waals surface area contributed by atoms with E-state index < -0.39 is 5.97 Å². The minimum absolute atomic E-state index is 0.343. The Kier molecular flexibility index (Phi) is 6.04. The molecule has 4 nitrogen and oxygen atoms in total. The van der Waals surface area contributed by atoms with Gasteiger partial charge >= 0.3 is 5.97 Å². The lowest BCUT2D eigenvalue weighted by atomic mass is 10.1. The lowest BCUT2D eigenvalue weighted by Crippen LogP contribution is -2.32. The summed E-state index contributed by atoms with van der Waals surface area (Å²) in [6.45, 7) is 7.95. The van der Waals surface area contributed by atoms with E-state index in [1.807, 2.05) is 0 Å². The molecule has 0 fully saturated rings. The maximum atomic E-state index is 12.1. The zero-order valence-corrected chi connectivity index (χ0v) is 12.1. The summed E-state index contributed by atoms with van der Waals surface area (Å²) in [6.07, 6.45) is 3.25. The highest BCUT2D eigenvalue weighted by Gasteiger charge is 2.18. The standard InChI is InChI=1S/C15H16N2O2S/c1-4-5-12-10(2)8-11(9-17)14(20-7-6-16)13(12)15(18)19-3/h4-5,8H,1-2,6-7,16H2,3H3/b12-5+. The Balaban J connectivity index is 3.77. The van der Waals surface area contributed by atoms with Gasteiger partial charge in [0.05, 0.1) is 18.2 Å². The van der Waals surface area contributed by atoms with E-state index in [0.717, 1.165) is 0 Å². The van der Waals surface area contributed by atoms with Crippen molar-refractivity contribution in [3.05, 3.63) is 40.3 Å². The van der Waals surface area contributed by atoms with Gasteiger partial charge in [0, 0.05) is 17.2 Å². The van der Waals surface area contributed by atoms with Gasteiger partial charge in [-0.15, -0.1) is 11.8 Å². The van der Waals surface area contributed by atoms with Crippen molar-refractivity contribution in [1.29, 1.82) is 5.26 Å². The van der Waals surface area contributed by atoms with Crippen LogP contribution >= 0.6 is 11.8 Å². The van der Waals surface area contributed by atoms with E-state index in [-0.39, 0.29) is 0 Å². The number of allylic oxidation sites excluding steroid dienone is 1. The first-order valence-corrected chi connectivity index (χ1v) is 6.89. The van der Waals surface area contributed by atoms with Gasteiger partial charge in [-0.1, -0.05) is 25.3 Å². The van der Waals surface area contributed by atoms with Crippen LogP contribution in [0.1, 0.15) is 15.9 Å². The van der Waals surface area contributed by atoms with Crippen LogP contribution in [0.15, 0.2) is 23.6 Å². The molecule has 0 heterocycles. The van der Waals surface area contributed by atoms with Crippen LogP contribution in [-0.2, 0) is 4.74 Å². The van der Waals surface area contributed by atoms with Crippen LogP contribution in [0.25, 0.3) is 12.7 Å². The lowest BCUT2D eigenvalue weighted by Gasteiger charge is -2.10. The molecular formula is C15H16N2O2S. The molecule has 5 heteroatoms. The van der Waals surface area contributed by atoms with Crippen LogP contribution in [0.2, 0.25) is 0 Å². The number of carbonyl (C=O) groups is 1. The summed E-state index contributed by atoms with van der Waals surface area (Å²) >= 11 is 1.36. The van der Waals surface area contributed by atoms with Crippen LogP contribution < -0.4 is 16.2 Å². The molecule has 0 atom stereocenters. The topological polar surface area (TPSA) is 76.1 Å². The number of thioether (sulfide) groups is 1. The summed E-state index contributed by atoms with van der Waals surface area (Å²) in [5.41, 5.74) is 6.24. The average Bonchev–Trinajstić information content (AvgIpc) is 2.46. The molecule has 2 N–H and O–H groups in total. The molecule has 0 aliphatic carbocycles. The summed E-state index contributed by atoms with van der Waals surface area (Å²) in [6, 6.07) is 3.74. The SMILES string of the molecule is C=C/C=c1/c(C(=O)OC)c(SCCN)c(C#N)cc1=C. The number of esters is 1. The minimum Gasteiger partial charge on any atom is -0.465 e. The third-order valence-corrected chi connectivity index (χ3v) is 3.72. The zero-order chi connectivity index (χ0) is 15.1. The second-order valence-corrected chi connectivity index (χ2v) is 4.95. The van der Waals surface area contributed by atoms with Crippen molar-refractivity contribution >= 4 is 30.4 Å². The Hall–Kier alpha value is -2.03. The van der Waals surface area contributed by atoms with Crippen LogP contribution in [-0.4, -0.2) is 25.4 Å². The van der Waals surface area contributed by atoms with Crippen molar-refractivity contribution < 1.29 is 9.53 Å². The first kappa shape index (κ1) is 16.0. The van der Waals surface area contributed by atoms with Crippen molar-refractivity contribution in [1.82, 2.24) is 0 Å². The molecule has 0 aliphatic rings. The number of hydrogen-bond donors (Lipinski definition) is 1. The summed E-state index contributed by atoms with van der Waals surface area (Å²) in [7, 11) is 1.30. The molecule has 1 aromatic carbocycles. The Morgan fingerprint density at radius 1 is 1.65 bits per heavy atom. The number of nitriles is 1. The molecule has 0 unspecified atom stereocenters. The van der Waals surface area contributed by atoms with Gasteiger partial charge in [0.2, 0.25) is 0 Å². The molecule has 0 amide bonds. The highest BCUT2D eigenvalue weighted by Crippen LogP contribution is 2.24. The smallest absolute Gasteiger partial charge is 0.339 e. The molecule has 0 bridgehead atoms. The molecule has 1 rings (SSSR count). The number of rotatable bonds is 5. The highest BCUT2D eigenvalue weighted by molar-refractivity contribution is 7.99. The van der Waals surface area contributed by atoms with Crippen molar-refractivity contribution in [3.63, 3.8) is 0 Å². The Labute approximate surface area is 122 Å². The van der Waals surface area contributed by atoms with Crippen LogP contribution in [0.4, 0.5) is 0 Å². The van der Waals surface area contributed by atoms with Gasteiger partial charge in [-0.05, 0) is 16.5 Å². The van der Waals surface area contributed by atoms with Crippen LogP contribution in [0, 0.1) is 11.3 Å². The first-order valence-electron chi connectivity index (χ1n) is 5.90. The van der Waals surface area contributed by atoms with Crippen LogP contribution in [0.3, 0.4) is 0 Å². The summed E-state index contributed by atoms with van der Waals surface area (Å²) < 4.78 is 4.82. The molecule has 0 radical (unpaired) electrons. The number of methoxy groups -OCH3 is 1. The van der Waals surface area contributed by atoms with E-state index in [4.69, 9.17) is 10.5 Å². The van der Waals surface area contributed by atoms with Crippen molar-refractivity contribution in [3.8, 4) is 6.07 Å². The third kappa shape index (κ3) is 3.29. The molecule has 0 aliphatic heterocycles. The van der Waals surface area contributed by atoms with E-state index in [1.165, 1.54) is 18.9 Å².